The molecule has 3 aromatic rings. The van der Waals surface area contributed by atoms with Gasteiger partial charge in [0, 0.05) is 24.2 Å². The number of rotatable bonds is 6. The topological polar surface area (TPSA) is 72.6 Å². The molecule has 0 aliphatic carbocycles. The van der Waals surface area contributed by atoms with Crippen LogP contribution in [0.5, 0.6) is 5.75 Å². The number of primary amides is 1. The predicted octanol–water partition coefficient (Wildman–Crippen LogP) is 4.06. The number of methoxy groups -OCH3 is 1. The van der Waals surface area contributed by atoms with E-state index in [9.17, 15) is 14.0 Å². The van der Waals surface area contributed by atoms with Gasteiger partial charge >= 0.3 is 0 Å². The number of ether oxygens (including phenoxy) is 1. The Morgan fingerprint density at radius 1 is 1.06 bits per heavy atom. The minimum atomic E-state index is -0.852. The van der Waals surface area contributed by atoms with Crippen molar-refractivity contribution < 1.29 is 18.7 Å². The number of nitrogens with two attached hydrogens (primary N) is 1. The molecule has 0 aromatic heterocycles. The number of carbonyl (C=O) groups excluding carboxylic acids is 2. The maximum absolute atomic E-state index is 13.5. The van der Waals surface area contributed by atoms with Crippen molar-refractivity contribution in [1.29, 1.82) is 0 Å². The number of likely N-dealkylation sites (tertiary alicyclic amines) is 1. The summed E-state index contributed by atoms with van der Waals surface area (Å²) in [6.07, 6.45) is 0.902. The van der Waals surface area contributed by atoms with Gasteiger partial charge in [0.25, 0.3) is 5.91 Å². The van der Waals surface area contributed by atoms with Crippen LogP contribution < -0.4 is 10.5 Å². The number of hydrogen-bond acceptors (Lipinski definition) is 3. The highest BCUT2D eigenvalue weighted by atomic mass is 19.1. The molecule has 4 rings (SSSR count). The lowest BCUT2D eigenvalue weighted by atomic mass is 9.80. The highest BCUT2D eigenvalue weighted by Crippen LogP contribution is 2.36. The predicted molar refractivity (Wildman–Crippen MR) is 121 cm³/mol. The third-order valence-electron chi connectivity index (χ3n) is 6.15. The molecule has 5 nitrogen and oxygen atoms in total. The maximum Gasteiger partial charge on any atom is 0.253 e. The molecule has 0 spiro atoms. The molecule has 0 saturated carbocycles. The van der Waals surface area contributed by atoms with Gasteiger partial charge in [-0.2, -0.15) is 0 Å². The fourth-order valence-electron chi connectivity index (χ4n) is 4.36. The van der Waals surface area contributed by atoms with Gasteiger partial charge in [0.15, 0.2) is 0 Å². The normalized spacial score (nSPS) is 17.9. The summed E-state index contributed by atoms with van der Waals surface area (Å²) in [5, 5.41) is 0. The molecule has 1 heterocycles. The zero-order valence-corrected chi connectivity index (χ0v) is 17.9. The van der Waals surface area contributed by atoms with E-state index in [4.69, 9.17) is 10.5 Å². The van der Waals surface area contributed by atoms with Crippen molar-refractivity contribution in [3.8, 4) is 16.9 Å². The molecular formula is C26H25FN2O3. The molecule has 0 unspecified atom stereocenters. The highest BCUT2D eigenvalue weighted by Gasteiger charge is 2.44. The van der Waals surface area contributed by atoms with E-state index in [2.05, 4.69) is 0 Å². The Labute approximate surface area is 186 Å². The summed E-state index contributed by atoms with van der Waals surface area (Å²) in [5.74, 6) is -0.400. The molecule has 164 valence electrons. The molecule has 1 fully saturated rings. The van der Waals surface area contributed by atoms with Crippen LogP contribution in [0.3, 0.4) is 0 Å². The van der Waals surface area contributed by atoms with E-state index >= 15 is 0 Å². The van der Waals surface area contributed by atoms with Crippen LogP contribution in [0.2, 0.25) is 0 Å². The molecule has 6 heteroatoms. The Bertz CT molecular complexity index is 1150. The first-order chi connectivity index (χ1) is 15.4. The molecule has 1 saturated heterocycles. The van der Waals surface area contributed by atoms with E-state index in [1.807, 2.05) is 48.5 Å². The summed E-state index contributed by atoms with van der Waals surface area (Å²) in [7, 11) is 1.64. The van der Waals surface area contributed by atoms with E-state index in [0.717, 1.165) is 22.4 Å². The molecule has 1 atom stereocenters. The van der Waals surface area contributed by atoms with Crippen LogP contribution in [0.15, 0.2) is 72.8 Å². The van der Waals surface area contributed by atoms with Gasteiger partial charge in [0.05, 0.1) is 12.5 Å². The number of halogens is 1. The van der Waals surface area contributed by atoms with Crippen molar-refractivity contribution in [2.24, 2.45) is 11.1 Å². The van der Waals surface area contributed by atoms with Crippen molar-refractivity contribution in [2.75, 3.05) is 20.2 Å². The van der Waals surface area contributed by atoms with Gasteiger partial charge < -0.3 is 15.4 Å². The number of amides is 2. The largest absolute Gasteiger partial charge is 0.496 e. The molecule has 1 aliphatic heterocycles. The quantitative estimate of drug-likeness (QED) is 0.638. The molecule has 0 radical (unpaired) electrons. The Balaban J connectivity index is 1.53. The van der Waals surface area contributed by atoms with E-state index in [1.165, 1.54) is 18.2 Å². The highest BCUT2D eigenvalue weighted by molar-refractivity contribution is 5.95. The number of nitrogens with zero attached hydrogens (tertiary/aromatic N) is 1. The van der Waals surface area contributed by atoms with Crippen LogP contribution >= 0.6 is 0 Å². The lowest BCUT2D eigenvalue weighted by molar-refractivity contribution is -0.126. The number of benzene rings is 3. The van der Waals surface area contributed by atoms with Crippen LogP contribution in [0, 0.1) is 11.2 Å². The summed E-state index contributed by atoms with van der Waals surface area (Å²) in [6, 6.07) is 21.3. The summed E-state index contributed by atoms with van der Waals surface area (Å²) >= 11 is 0. The molecule has 3 aromatic carbocycles. The van der Waals surface area contributed by atoms with Crippen LogP contribution in [0.25, 0.3) is 11.1 Å². The minimum Gasteiger partial charge on any atom is -0.496 e. The standard InChI is InChI=1S/C26H25FN2O3/c1-32-23-8-3-2-7-22(23)19-11-9-18(10-12-19)16-26(25(28)31)13-14-29(17-26)24(30)20-5-4-6-21(27)15-20/h2-12,15H,13-14,16-17H2,1H3,(H2,28,31)/t26-/m0/s1. The number of carbonyl (C=O) groups is 2. The van der Waals surface area contributed by atoms with Crippen molar-refractivity contribution in [3.63, 3.8) is 0 Å². The van der Waals surface area contributed by atoms with Crippen LogP contribution in [-0.4, -0.2) is 36.9 Å². The van der Waals surface area contributed by atoms with Crippen molar-refractivity contribution in [1.82, 2.24) is 4.90 Å². The SMILES string of the molecule is COc1ccccc1-c1ccc(C[C@@]2(C(N)=O)CCN(C(=O)c3cccc(F)c3)C2)cc1. The second kappa shape index (κ2) is 8.83. The zero-order valence-electron chi connectivity index (χ0n) is 17.9. The van der Waals surface area contributed by atoms with Crippen LogP contribution in [0.4, 0.5) is 4.39 Å². The Morgan fingerprint density at radius 2 is 1.81 bits per heavy atom. The lowest BCUT2D eigenvalue weighted by Crippen LogP contribution is -2.42. The summed E-state index contributed by atoms with van der Waals surface area (Å²) in [5.41, 5.74) is 8.18. The monoisotopic (exact) mass is 432 g/mol. The molecular weight excluding hydrogens is 407 g/mol. The third kappa shape index (κ3) is 4.21. The summed E-state index contributed by atoms with van der Waals surface area (Å²) in [6.45, 7) is 0.615. The minimum absolute atomic E-state index is 0.214. The average Bonchev–Trinajstić information content (AvgIpc) is 3.24. The van der Waals surface area contributed by atoms with Gasteiger partial charge in [-0.3, -0.25) is 9.59 Å². The van der Waals surface area contributed by atoms with Gasteiger partial charge in [-0.15, -0.1) is 0 Å². The number of para-hydroxylation sites is 1. The zero-order chi connectivity index (χ0) is 22.7. The molecule has 32 heavy (non-hydrogen) atoms. The second-order valence-corrected chi connectivity index (χ2v) is 8.21. The van der Waals surface area contributed by atoms with E-state index < -0.39 is 17.1 Å². The Morgan fingerprint density at radius 3 is 2.50 bits per heavy atom. The lowest BCUT2D eigenvalue weighted by Gasteiger charge is -2.26. The van der Waals surface area contributed by atoms with E-state index in [0.29, 0.717) is 19.4 Å². The number of hydrogen-bond donors (Lipinski definition) is 1. The molecule has 1 aliphatic rings. The van der Waals surface area contributed by atoms with Crippen LogP contribution in [0.1, 0.15) is 22.3 Å². The fraction of sp³-hybridized carbons (Fsp3) is 0.231. The van der Waals surface area contributed by atoms with Gasteiger partial charge in [-0.1, -0.05) is 48.5 Å². The van der Waals surface area contributed by atoms with Crippen molar-refractivity contribution in [3.05, 3.63) is 89.7 Å². The maximum atomic E-state index is 13.5. The van der Waals surface area contributed by atoms with Gasteiger partial charge in [-0.05, 0) is 48.2 Å². The molecule has 0 bridgehead atoms. The van der Waals surface area contributed by atoms with E-state index in [1.54, 1.807) is 18.1 Å². The van der Waals surface area contributed by atoms with Gasteiger partial charge in [-0.25, -0.2) is 4.39 Å². The van der Waals surface area contributed by atoms with Gasteiger partial charge in [0.2, 0.25) is 5.91 Å². The smallest absolute Gasteiger partial charge is 0.253 e. The van der Waals surface area contributed by atoms with Crippen molar-refractivity contribution >= 4 is 11.8 Å². The second-order valence-electron chi connectivity index (χ2n) is 8.21. The molecule has 2 N–H and O–H groups in total. The molecule has 2 amide bonds. The van der Waals surface area contributed by atoms with Crippen LogP contribution in [-0.2, 0) is 11.2 Å². The van der Waals surface area contributed by atoms with E-state index in [-0.39, 0.29) is 18.0 Å². The average molecular weight is 432 g/mol. The summed E-state index contributed by atoms with van der Waals surface area (Å²) < 4.78 is 19.0. The first-order valence-electron chi connectivity index (χ1n) is 10.5. The Hall–Kier alpha value is -3.67. The van der Waals surface area contributed by atoms with Crippen molar-refractivity contribution in [2.45, 2.75) is 12.8 Å². The summed E-state index contributed by atoms with van der Waals surface area (Å²) in [4.78, 5) is 26.9. The Kier molecular flexibility index (Phi) is 5.95. The first kappa shape index (κ1) is 21.6. The third-order valence-corrected chi connectivity index (χ3v) is 6.15. The fourth-order valence-corrected chi connectivity index (χ4v) is 4.36. The van der Waals surface area contributed by atoms with Gasteiger partial charge in [0.1, 0.15) is 11.6 Å². The first-order valence-corrected chi connectivity index (χ1v) is 10.5.